The van der Waals surface area contributed by atoms with E-state index in [0.29, 0.717) is 26.7 Å². The van der Waals surface area contributed by atoms with Gasteiger partial charge in [0.1, 0.15) is 11.8 Å². The number of hydrogen-bond acceptors (Lipinski definition) is 6. The molecule has 3 rings (SSSR count). The summed E-state index contributed by atoms with van der Waals surface area (Å²) in [7, 11) is 0. The van der Waals surface area contributed by atoms with Gasteiger partial charge in [0, 0.05) is 11.8 Å². The van der Waals surface area contributed by atoms with E-state index in [1.807, 2.05) is 24.3 Å². The molecular weight excluding hydrogens is 398 g/mol. The SMILES string of the molecule is CC(Nc1cccc(OC=Nc2cccc(-n3c(=S)[nH][nH]c3=S)c2)c1)C(=O)O. The third kappa shape index (κ3) is 4.72. The van der Waals surface area contributed by atoms with Crippen LogP contribution in [0.2, 0.25) is 0 Å². The Bertz CT molecular complexity index is 1100. The van der Waals surface area contributed by atoms with Crippen molar-refractivity contribution in [2.24, 2.45) is 4.99 Å². The summed E-state index contributed by atoms with van der Waals surface area (Å²) in [4.78, 5) is 15.2. The van der Waals surface area contributed by atoms with E-state index in [0.717, 1.165) is 5.69 Å². The summed E-state index contributed by atoms with van der Waals surface area (Å²) >= 11 is 10.4. The van der Waals surface area contributed by atoms with Crippen molar-refractivity contribution in [2.45, 2.75) is 13.0 Å². The van der Waals surface area contributed by atoms with Gasteiger partial charge in [-0.25, -0.2) is 4.99 Å². The number of anilines is 1. The van der Waals surface area contributed by atoms with Crippen LogP contribution in [0, 0.1) is 9.54 Å². The van der Waals surface area contributed by atoms with Crippen LogP contribution in [0.25, 0.3) is 5.69 Å². The Morgan fingerprint density at radius 2 is 1.93 bits per heavy atom. The molecule has 1 unspecified atom stereocenters. The normalized spacial score (nSPS) is 12.0. The van der Waals surface area contributed by atoms with Crippen molar-refractivity contribution in [2.75, 3.05) is 5.32 Å². The molecule has 0 saturated carbocycles. The van der Waals surface area contributed by atoms with Gasteiger partial charge in [-0.05, 0) is 61.7 Å². The quantitative estimate of drug-likeness (QED) is 0.261. The molecule has 0 aliphatic heterocycles. The Hall–Kier alpha value is -3.24. The smallest absolute Gasteiger partial charge is 0.325 e. The number of carbonyl (C=O) groups is 1. The van der Waals surface area contributed by atoms with E-state index in [9.17, 15) is 4.79 Å². The van der Waals surface area contributed by atoms with E-state index in [2.05, 4.69) is 20.5 Å². The minimum Gasteiger partial charge on any atom is -0.480 e. The van der Waals surface area contributed by atoms with Crippen LogP contribution >= 0.6 is 24.4 Å². The Morgan fingerprint density at radius 3 is 2.64 bits per heavy atom. The van der Waals surface area contributed by atoms with Crippen molar-refractivity contribution >= 4 is 48.2 Å². The number of ether oxygens (including phenoxy) is 1. The van der Waals surface area contributed by atoms with E-state index in [4.69, 9.17) is 34.3 Å². The molecular formula is C18H17N5O3S2. The number of aliphatic carboxylic acids is 1. The lowest BCUT2D eigenvalue weighted by atomic mass is 10.2. The summed E-state index contributed by atoms with van der Waals surface area (Å²) < 4.78 is 8.14. The highest BCUT2D eigenvalue weighted by Crippen LogP contribution is 2.20. The van der Waals surface area contributed by atoms with Crippen molar-refractivity contribution in [3.05, 3.63) is 58.1 Å². The number of aromatic nitrogens is 3. The Balaban J connectivity index is 1.72. The molecule has 3 aromatic rings. The summed E-state index contributed by atoms with van der Waals surface area (Å²) in [6, 6.07) is 13.6. The zero-order valence-corrected chi connectivity index (χ0v) is 16.4. The molecule has 0 spiro atoms. The van der Waals surface area contributed by atoms with E-state index in [1.54, 1.807) is 35.8 Å². The van der Waals surface area contributed by atoms with Gasteiger partial charge in [-0.15, -0.1) is 0 Å². The molecule has 0 radical (unpaired) electrons. The van der Waals surface area contributed by atoms with Gasteiger partial charge in [-0.2, -0.15) is 0 Å². The van der Waals surface area contributed by atoms with E-state index >= 15 is 0 Å². The molecule has 28 heavy (non-hydrogen) atoms. The van der Waals surface area contributed by atoms with Crippen LogP contribution in [0.4, 0.5) is 11.4 Å². The topological polar surface area (TPSA) is 107 Å². The van der Waals surface area contributed by atoms with E-state index < -0.39 is 12.0 Å². The molecule has 4 N–H and O–H groups in total. The Labute approximate surface area is 170 Å². The molecule has 10 heteroatoms. The lowest BCUT2D eigenvalue weighted by Crippen LogP contribution is -2.25. The lowest BCUT2D eigenvalue weighted by molar-refractivity contribution is -0.137. The first-order valence-electron chi connectivity index (χ1n) is 8.23. The number of aliphatic imine (C=N–C) groups is 1. The van der Waals surface area contributed by atoms with Crippen LogP contribution in [-0.4, -0.2) is 38.3 Å². The predicted molar refractivity (Wildman–Crippen MR) is 112 cm³/mol. The maximum absolute atomic E-state index is 10.9. The van der Waals surface area contributed by atoms with Crippen LogP contribution in [0.1, 0.15) is 6.92 Å². The Morgan fingerprint density at radius 1 is 1.21 bits per heavy atom. The third-order valence-electron chi connectivity index (χ3n) is 3.75. The van der Waals surface area contributed by atoms with Gasteiger partial charge in [0.05, 0.1) is 11.4 Å². The minimum atomic E-state index is -0.935. The number of aromatic amines is 2. The third-order valence-corrected chi connectivity index (χ3v) is 4.32. The molecule has 0 fully saturated rings. The zero-order valence-electron chi connectivity index (χ0n) is 14.7. The van der Waals surface area contributed by atoms with Crippen molar-refractivity contribution in [1.82, 2.24) is 14.8 Å². The highest BCUT2D eigenvalue weighted by Gasteiger charge is 2.10. The van der Waals surface area contributed by atoms with Gasteiger partial charge in [0.25, 0.3) is 0 Å². The summed E-state index contributed by atoms with van der Waals surface area (Å²) in [6.45, 7) is 1.56. The van der Waals surface area contributed by atoms with Crippen molar-refractivity contribution in [3.63, 3.8) is 0 Å². The van der Waals surface area contributed by atoms with Crippen molar-refractivity contribution in [1.29, 1.82) is 0 Å². The molecule has 144 valence electrons. The average Bonchev–Trinajstić information content (AvgIpc) is 3.00. The largest absolute Gasteiger partial charge is 0.480 e. The second kappa shape index (κ2) is 8.63. The highest BCUT2D eigenvalue weighted by molar-refractivity contribution is 7.72. The zero-order chi connectivity index (χ0) is 20.1. The van der Waals surface area contributed by atoms with Crippen LogP contribution in [0.3, 0.4) is 0 Å². The van der Waals surface area contributed by atoms with Gasteiger partial charge in [0.15, 0.2) is 15.9 Å². The number of nitrogens with zero attached hydrogens (tertiary/aromatic N) is 2. The summed E-state index contributed by atoms with van der Waals surface area (Å²) in [5.41, 5.74) is 2.07. The first-order chi connectivity index (χ1) is 13.4. The van der Waals surface area contributed by atoms with Gasteiger partial charge in [-0.1, -0.05) is 12.1 Å². The second-order valence-electron chi connectivity index (χ2n) is 5.80. The monoisotopic (exact) mass is 415 g/mol. The number of rotatable bonds is 7. The number of H-pyrrole nitrogens is 2. The van der Waals surface area contributed by atoms with Crippen molar-refractivity contribution in [3.8, 4) is 11.4 Å². The van der Waals surface area contributed by atoms with Gasteiger partial charge in [-0.3, -0.25) is 19.6 Å². The summed E-state index contributed by atoms with van der Waals surface area (Å²) in [5, 5.41) is 17.4. The van der Waals surface area contributed by atoms with Crippen molar-refractivity contribution < 1.29 is 14.6 Å². The molecule has 1 aromatic heterocycles. The molecule has 0 aliphatic rings. The summed E-state index contributed by atoms with van der Waals surface area (Å²) in [5.74, 6) is -0.409. The maximum Gasteiger partial charge on any atom is 0.325 e. The molecule has 0 bridgehead atoms. The summed E-state index contributed by atoms with van der Waals surface area (Å²) in [6.07, 6.45) is 1.32. The molecule has 8 nitrogen and oxygen atoms in total. The van der Waals surface area contributed by atoms with E-state index in [1.165, 1.54) is 6.40 Å². The second-order valence-corrected chi connectivity index (χ2v) is 6.57. The van der Waals surface area contributed by atoms with Gasteiger partial charge >= 0.3 is 5.97 Å². The lowest BCUT2D eigenvalue weighted by Gasteiger charge is -2.11. The number of carboxylic acid groups (broad SMARTS) is 1. The first kappa shape index (κ1) is 19.5. The molecule has 1 heterocycles. The van der Waals surface area contributed by atoms with Gasteiger partial charge < -0.3 is 15.2 Å². The fourth-order valence-corrected chi connectivity index (χ4v) is 2.93. The maximum atomic E-state index is 10.9. The van der Waals surface area contributed by atoms with E-state index in [-0.39, 0.29) is 0 Å². The fraction of sp³-hybridized carbons (Fsp3) is 0.111. The fourth-order valence-electron chi connectivity index (χ4n) is 2.38. The molecule has 2 aromatic carbocycles. The van der Waals surface area contributed by atoms with Crippen LogP contribution in [0.5, 0.6) is 5.75 Å². The van der Waals surface area contributed by atoms with Gasteiger partial charge in [0.2, 0.25) is 0 Å². The highest BCUT2D eigenvalue weighted by atomic mass is 32.1. The predicted octanol–water partition coefficient (Wildman–Crippen LogP) is 4.22. The number of nitrogens with one attached hydrogen (secondary N) is 3. The molecule has 0 saturated heterocycles. The molecule has 0 aliphatic carbocycles. The van der Waals surface area contributed by atoms with Crippen LogP contribution < -0.4 is 10.1 Å². The molecule has 1 atom stereocenters. The Kier molecular flexibility index (Phi) is 6.02. The number of carboxylic acids is 1. The van der Waals surface area contributed by atoms with Crippen LogP contribution in [-0.2, 0) is 4.79 Å². The molecule has 0 amide bonds. The van der Waals surface area contributed by atoms with Crippen LogP contribution in [0.15, 0.2) is 53.5 Å². The number of benzene rings is 2. The standard InChI is InChI=1S/C18H17N5O3S2/c1-11(16(24)25)20-13-5-3-7-15(9-13)26-10-19-12-4-2-6-14(8-12)23-17(27)21-22-18(23)28/h2-11,20H,1H3,(H,21,27)(H,22,28)(H,24,25). The number of hydrogen-bond donors (Lipinski definition) is 4. The first-order valence-corrected chi connectivity index (χ1v) is 9.04. The minimum absolute atomic E-state index is 0.460. The average molecular weight is 416 g/mol.